The van der Waals surface area contributed by atoms with Crippen LogP contribution in [0.4, 0.5) is 0 Å². The molecule has 2 aromatic heterocycles. The number of benzene rings is 2. The molecule has 4 nitrogen and oxygen atoms in total. The molecule has 0 fully saturated rings. The largest absolute Gasteiger partial charge is 0.306 e. The quantitative estimate of drug-likeness (QED) is 0.511. The molecule has 0 unspecified atom stereocenters. The highest BCUT2D eigenvalue weighted by Gasteiger charge is 2.17. The average molecular weight is 384 g/mol. The first-order valence-corrected chi connectivity index (χ1v) is 8.85. The van der Waals surface area contributed by atoms with Crippen LogP contribution in [0, 0.1) is 13.8 Å². The van der Waals surface area contributed by atoms with Crippen LogP contribution in [0.15, 0.2) is 53.3 Å². The molecule has 0 bridgehead atoms. The van der Waals surface area contributed by atoms with E-state index in [1.54, 1.807) is 10.6 Å². The average Bonchev–Trinajstić information content (AvgIpc) is 2.91. The van der Waals surface area contributed by atoms with Crippen molar-refractivity contribution < 1.29 is 0 Å². The lowest BCUT2D eigenvalue weighted by Crippen LogP contribution is -2.10. The van der Waals surface area contributed by atoms with E-state index in [2.05, 4.69) is 10.1 Å². The van der Waals surface area contributed by atoms with Gasteiger partial charge in [0.2, 0.25) is 0 Å². The number of H-pyrrole nitrogens is 1. The molecule has 2 aromatic carbocycles. The first-order valence-electron chi connectivity index (χ1n) is 8.09. The van der Waals surface area contributed by atoms with Gasteiger partial charge in [-0.25, -0.2) is 4.52 Å². The molecule has 0 aliphatic carbocycles. The van der Waals surface area contributed by atoms with Gasteiger partial charge in [-0.3, -0.25) is 4.79 Å². The molecule has 6 heteroatoms. The van der Waals surface area contributed by atoms with Gasteiger partial charge in [0.1, 0.15) is 5.65 Å². The second kappa shape index (κ2) is 6.31. The number of aromatic amines is 1. The molecule has 0 aliphatic heterocycles. The Morgan fingerprint density at radius 1 is 0.962 bits per heavy atom. The molecule has 1 N–H and O–H groups in total. The normalized spacial score (nSPS) is 11.2. The number of aryl methyl sites for hydroxylation is 2. The summed E-state index contributed by atoms with van der Waals surface area (Å²) in [5, 5.41) is 5.99. The minimum absolute atomic E-state index is 0.183. The maximum absolute atomic E-state index is 12.4. The summed E-state index contributed by atoms with van der Waals surface area (Å²) in [4.78, 5) is 15.3. The van der Waals surface area contributed by atoms with Gasteiger partial charge >= 0.3 is 0 Å². The molecular weight excluding hydrogens is 369 g/mol. The second-order valence-corrected chi connectivity index (χ2v) is 7.08. The Kier molecular flexibility index (Phi) is 4.10. The molecule has 0 atom stereocenters. The molecule has 26 heavy (non-hydrogen) atoms. The summed E-state index contributed by atoms with van der Waals surface area (Å²) in [5.41, 5.74) is 5.73. The van der Waals surface area contributed by atoms with Crippen LogP contribution >= 0.6 is 23.2 Å². The Morgan fingerprint density at radius 2 is 1.65 bits per heavy atom. The number of nitrogens with zero attached hydrogens (tertiary/aromatic N) is 2. The first kappa shape index (κ1) is 16.9. The van der Waals surface area contributed by atoms with Crippen LogP contribution in [-0.2, 0) is 0 Å². The lowest BCUT2D eigenvalue weighted by molar-refractivity contribution is 0.917. The molecule has 0 radical (unpaired) electrons. The zero-order valence-corrected chi connectivity index (χ0v) is 15.7. The van der Waals surface area contributed by atoms with E-state index in [0.29, 0.717) is 15.7 Å². The van der Waals surface area contributed by atoms with Gasteiger partial charge in [-0.05, 0) is 49.2 Å². The van der Waals surface area contributed by atoms with E-state index in [1.807, 2.05) is 56.3 Å². The molecule has 0 aliphatic rings. The maximum Gasteiger partial charge on any atom is 0.251 e. The van der Waals surface area contributed by atoms with Crippen molar-refractivity contribution in [2.75, 3.05) is 0 Å². The Morgan fingerprint density at radius 3 is 2.35 bits per heavy atom. The summed E-state index contributed by atoms with van der Waals surface area (Å²) in [7, 11) is 0. The summed E-state index contributed by atoms with van der Waals surface area (Å²) < 4.78 is 1.77. The zero-order chi connectivity index (χ0) is 18.4. The van der Waals surface area contributed by atoms with Gasteiger partial charge in [0.25, 0.3) is 5.56 Å². The third-order valence-electron chi connectivity index (χ3n) is 4.40. The summed E-state index contributed by atoms with van der Waals surface area (Å²) in [6, 6.07) is 14.6. The number of fused-ring (bicyclic) bond motifs is 1. The first-order chi connectivity index (χ1) is 12.4. The Labute approximate surface area is 160 Å². The van der Waals surface area contributed by atoms with Crippen LogP contribution in [0.3, 0.4) is 0 Å². The molecule has 0 amide bonds. The van der Waals surface area contributed by atoms with E-state index in [0.717, 1.165) is 33.6 Å². The summed E-state index contributed by atoms with van der Waals surface area (Å²) in [6.45, 7) is 3.89. The Bertz CT molecular complexity index is 1190. The lowest BCUT2D eigenvalue weighted by Gasteiger charge is -2.09. The van der Waals surface area contributed by atoms with Crippen molar-refractivity contribution in [2.24, 2.45) is 0 Å². The fraction of sp³-hybridized carbons (Fsp3) is 0.100. The molecule has 0 saturated carbocycles. The van der Waals surface area contributed by atoms with Gasteiger partial charge in [-0.15, -0.1) is 0 Å². The van der Waals surface area contributed by atoms with E-state index < -0.39 is 0 Å². The number of hydrogen-bond acceptors (Lipinski definition) is 2. The predicted molar refractivity (Wildman–Crippen MR) is 106 cm³/mol. The molecule has 2 heterocycles. The van der Waals surface area contributed by atoms with E-state index in [-0.39, 0.29) is 5.56 Å². The molecule has 4 rings (SSSR count). The molecule has 130 valence electrons. The third-order valence-corrected chi connectivity index (χ3v) is 4.88. The molecule has 0 spiro atoms. The molecule has 4 aromatic rings. The monoisotopic (exact) mass is 383 g/mol. The van der Waals surface area contributed by atoms with Gasteiger partial charge in [0.15, 0.2) is 0 Å². The number of hydrogen-bond donors (Lipinski definition) is 1. The van der Waals surface area contributed by atoms with Crippen LogP contribution in [-0.4, -0.2) is 14.6 Å². The number of aromatic nitrogens is 3. The van der Waals surface area contributed by atoms with Gasteiger partial charge in [-0.2, -0.15) is 5.10 Å². The number of rotatable bonds is 2. The van der Waals surface area contributed by atoms with Gasteiger partial charge in [0.05, 0.1) is 11.4 Å². The molecular formula is C20H15Cl2N3O. The van der Waals surface area contributed by atoms with Crippen LogP contribution in [0.2, 0.25) is 10.0 Å². The van der Waals surface area contributed by atoms with Crippen LogP contribution in [0.1, 0.15) is 11.3 Å². The summed E-state index contributed by atoms with van der Waals surface area (Å²) in [6.07, 6.45) is 0. The van der Waals surface area contributed by atoms with Gasteiger partial charge in [-0.1, -0.05) is 41.4 Å². The van der Waals surface area contributed by atoms with E-state index in [4.69, 9.17) is 23.2 Å². The Balaban J connectivity index is 2.04. The van der Waals surface area contributed by atoms with Crippen molar-refractivity contribution in [3.8, 4) is 22.4 Å². The van der Waals surface area contributed by atoms with Crippen LogP contribution in [0.25, 0.3) is 28.0 Å². The fourth-order valence-corrected chi connectivity index (χ4v) is 3.58. The van der Waals surface area contributed by atoms with Crippen molar-refractivity contribution in [3.63, 3.8) is 0 Å². The number of halogens is 2. The van der Waals surface area contributed by atoms with E-state index >= 15 is 0 Å². The second-order valence-electron chi connectivity index (χ2n) is 6.21. The maximum atomic E-state index is 12.4. The smallest absolute Gasteiger partial charge is 0.251 e. The van der Waals surface area contributed by atoms with Crippen LogP contribution in [0.5, 0.6) is 0 Å². The molecule has 0 saturated heterocycles. The highest BCUT2D eigenvalue weighted by molar-refractivity contribution is 6.31. The SMILES string of the molecule is Cc1cc(Cl)ccc1-c1cc(=O)[nH]c2c(-c3ccc(Cl)cc3)c(C)nn12. The zero-order valence-electron chi connectivity index (χ0n) is 14.2. The van der Waals surface area contributed by atoms with Crippen LogP contribution < -0.4 is 5.56 Å². The fourth-order valence-electron chi connectivity index (χ4n) is 3.22. The summed E-state index contributed by atoms with van der Waals surface area (Å²) >= 11 is 12.1. The summed E-state index contributed by atoms with van der Waals surface area (Å²) in [5.74, 6) is 0. The van der Waals surface area contributed by atoms with E-state index in [9.17, 15) is 4.79 Å². The minimum atomic E-state index is -0.183. The van der Waals surface area contributed by atoms with Crippen molar-refractivity contribution in [2.45, 2.75) is 13.8 Å². The highest BCUT2D eigenvalue weighted by atomic mass is 35.5. The predicted octanol–water partition coefficient (Wildman–Crippen LogP) is 5.28. The van der Waals surface area contributed by atoms with E-state index in [1.165, 1.54) is 0 Å². The standard InChI is InChI=1S/C20H15Cl2N3O/c1-11-9-15(22)7-8-16(11)17-10-18(26)23-20-19(12(2)24-25(17)20)13-3-5-14(21)6-4-13/h3-10H,1-2H3,(H,23,26). The Hall–Kier alpha value is -2.56. The van der Waals surface area contributed by atoms with Crippen molar-refractivity contribution in [1.29, 1.82) is 0 Å². The van der Waals surface area contributed by atoms with Gasteiger partial charge < -0.3 is 4.98 Å². The van der Waals surface area contributed by atoms with Crippen molar-refractivity contribution in [3.05, 3.63) is 80.2 Å². The topological polar surface area (TPSA) is 50.2 Å². The lowest BCUT2D eigenvalue weighted by atomic mass is 10.0. The van der Waals surface area contributed by atoms with Crippen molar-refractivity contribution in [1.82, 2.24) is 14.6 Å². The third kappa shape index (κ3) is 2.81. The minimum Gasteiger partial charge on any atom is -0.306 e. The van der Waals surface area contributed by atoms with Gasteiger partial charge in [0, 0.05) is 27.2 Å². The highest BCUT2D eigenvalue weighted by Crippen LogP contribution is 2.31. The van der Waals surface area contributed by atoms with Crippen molar-refractivity contribution >= 4 is 28.8 Å². The number of nitrogens with one attached hydrogen (secondary N) is 1.